The minimum absolute atomic E-state index is 0.217. The van der Waals surface area contributed by atoms with Crippen LogP contribution in [0.1, 0.15) is 15.9 Å². The van der Waals surface area contributed by atoms with E-state index < -0.39 is 11.7 Å². The Balaban J connectivity index is 2.84. The first-order valence-corrected chi connectivity index (χ1v) is 4.99. The lowest BCUT2D eigenvalue weighted by Gasteiger charge is -2.16. The van der Waals surface area contributed by atoms with E-state index in [0.29, 0.717) is 13.1 Å². The highest BCUT2D eigenvalue weighted by Gasteiger charge is 2.30. The van der Waals surface area contributed by atoms with Crippen molar-refractivity contribution in [2.24, 2.45) is 5.73 Å². The Labute approximate surface area is 97.0 Å². The van der Waals surface area contributed by atoms with Crippen LogP contribution in [0.15, 0.2) is 24.3 Å². The molecule has 0 saturated heterocycles. The molecule has 0 aromatic heterocycles. The van der Waals surface area contributed by atoms with Gasteiger partial charge in [-0.25, -0.2) is 0 Å². The summed E-state index contributed by atoms with van der Waals surface area (Å²) < 4.78 is 36.9. The second-order valence-corrected chi connectivity index (χ2v) is 3.59. The van der Waals surface area contributed by atoms with Crippen molar-refractivity contribution < 1.29 is 18.0 Å². The maximum absolute atomic E-state index is 12.3. The molecule has 0 aliphatic carbocycles. The number of hydrogen-bond acceptors (Lipinski definition) is 2. The predicted molar refractivity (Wildman–Crippen MR) is 57.5 cm³/mol. The van der Waals surface area contributed by atoms with Gasteiger partial charge >= 0.3 is 6.18 Å². The average Bonchev–Trinajstić information content (AvgIpc) is 2.27. The highest BCUT2D eigenvalue weighted by atomic mass is 19.4. The Morgan fingerprint density at radius 2 is 1.82 bits per heavy atom. The lowest BCUT2D eigenvalue weighted by atomic mass is 10.1. The maximum atomic E-state index is 12.3. The molecule has 0 spiro atoms. The van der Waals surface area contributed by atoms with E-state index >= 15 is 0 Å². The standard InChI is InChI=1S/C11H13F3N2O/c1-16(7-6-15)10(17)8-2-4-9(5-3-8)11(12,13)14/h2-5H,6-7,15H2,1H3. The van der Waals surface area contributed by atoms with Crippen molar-refractivity contribution in [1.29, 1.82) is 0 Å². The normalized spacial score (nSPS) is 11.4. The SMILES string of the molecule is CN(CCN)C(=O)c1ccc(C(F)(F)F)cc1. The van der Waals surface area contributed by atoms with Gasteiger partial charge in [0, 0.05) is 25.7 Å². The Morgan fingerprint density at radius 1 is 1.29 bits per heavy atom. The van der Waals surface area contributed by atoms with Crippen LogP contribution in [0.2, 0.25) is 0 Å². The largest absolute Gasteiger partial charge is 0.416 e. The Bertz CT molecular complexity index is 387. The van der Waals surface area contributed by atoms with Crippen LogP contribution in [-0.2, 0) is 6.18 Å². The van der Waals surface area contributed by atoms with Crippen molar-refractivity contribution in [3.05, 3.63) is 35.4 Å². The number of rotatable bonds is 3. The summed E-state index contributed by atoms with van der Waals surface area (Å²) in [6, 6.07) is 4.11. The molecule has 1 rings (SSSR count). The van der Waals surface area contributed by atoms with E-state index in [1.807, 2.05) is 0 Å². The number of nitrogens with zero attached hydrogens (tertiary/aromatic N) is 1. The number of amides is 1. The summed E-state index contributed by atoms with van der Waals surface area (Å²) in [5, 5.41) is 0. The molecular formula is C11H13F3N2O. The molecule has 1 aromatic carbocycles. The lowest BCUT2D eigenvalue weighted by Crippen LogP contribution is -2.31. The van der Waals surface area contributed by atoms with Gasteiger partial charge in [0.1, 0.15) is 0 Å². The van der Waals surface area contributed by atoms with E-state index in [4.69, 9.17) is 5.73 Å². The van der Waals surface area contributed by atoms with Crippen molar-refractivity contribution >= 4 is 5.91 Å². The number of likely N-dealkylation sites (N-methyl/N-ethyl adjacent to an activating group) is 1. The van der Waals surface area contributed by atoms with Gasteiger partial charge in [0.2, 0.25) is 0 Å². The van der Waals surface area contributed by atoms with Crippen LogP contribution in [-0.4, -0.2) is 30.9 Å². The third-order valence-electron chi connectivity index (χ3n) is 2.27. The summed E-state index contributed by atoms with van der Waals surface area (Å²) in [7, 11) is 1.55. The molecular weight excluding hydrogens is 233 g/mol. The van der Waals surface area contributed by atoms with Crippen LogP contribution in [0.25, 0.3) is 0 Å². The molecule has 0 atom stereocenters. The van der Waals surface area contributed by atoms with Gasteiger partial charge in [-0.1, -0.05) is 0 Å². The van der Waals surface area contributed by atoms with Crippen molar-refractivity contribution in [3.8, 4) is 0 Å². The average molecular weight is 246 g/mol. The predicted octanol–water partition coefficient (Wildman–Crippen LogP) is 1.74. The molecule has 0 unspecified atom stereocenters. The van der Waals surface area contributed by atoms with E-state index in [9.17, 15) is 18.0 Å². The molecule has 17 heavy (non-hydrogen) atoms. The molecule has 0 aliphatic rings. The second kappa shape index (κ2) is 5.18. The highest BCUT2D eigenvalue weighted by Crippen LogP contribution is 2.29. The van der Waals surface area contributed by atoms with E-state index in [1.54, 1.807) is 7.05 Å². The zero-order chi connectivity index (χ0) is 13.1. The number of nitrogens with two attached hydrogens (primary N) is 1. The quantitative estimate of drug-likeness (QED) is 0.883. The molecule has 0 aliphatic heterocycles. The molecule has 0 radical (unpaired) electrons. The molecule has 1 aromatic rings. The van der Waals surface area contributed by atoms with Gasteiger partial charge in [-0.15, -0.1) is 0 Å². The zero-order valence-electron chi connectivity index (χ0n) is 9.29. The van der Waals surface area contributed by atoms with E-state index in [1.165, 1.54) is 4.90 Å². The Morgan fingerprint density at radius 3 is 2.24 bits per heavy atom. The number of carbonyl (C=O) groups excluding carboxylic acids is 1. The van der Waals surface area contributed by atoms with Gasteiger partial charge in [0.15, 0.2) is 0 Å². The highest BCUT2D eigenvalue weighted by molar-refractivity contribution is 5.94. The number of benzene rings is 1. The van der Waals surface area contributed by atoms with Crippen molar-refractivity contribution in [2.75, 3.05) is 20.1 Å². The van der Waals surface area contributed by atoms with E-state index in [2.05, 4.69) is 0 Å². The molecule has 94 valence electrons. The summed E-state index contributed by atoms with van der Waals surface area (Å²) in [6.45, 7) is 0.669. The van der Waals surface area contributed by atoms with Crippen LogP contribution in [0.5, 0.6) is 0 Å². The van der Waals surface area contributed by atoms with Gasteiger partial charge < -0.3 is 10.6 Å². The molecule has 0 saturated carbocycles. The Kier molecular flexibility index (Phi) is 4.11. The fourth-order valence-corrected chi connectivity index (χ4v) is 1.32. The van der Waals surface area contributed by atoms with Gasteiger partial charge in [0.05, 0.1) is 5.56 Å². The summed E-state index contributed by atoms with van der Waals surface area (Å²) in [4.78, 5) is 13.0. The maximum Gasteiger partial charge on any atom is 0.416 e. The monoisotopic (exact) mass is 246 g/mol. The van der Waals surface area contributed by atoms with Crippen molar-refractivity contribution in [3.63, 3.8) is 0 Å². The van der Waals surface area contributed by atoms with Gasteiger partial charge in [-0.05, 0) is 24.3 Å². The minimum atomic E-state index is -4.38. The minimum Gasteiger partial charge on any atom is -0.340 e. The molecule has 0 fully saturated rings. The van der Waals surface area contributed by atoms with Crippen LogP contribution < -0.4 is 5.73 Å². The topological polar surface area (TPSA) is 46.3 Å². The van der Waals surface area contributed by atoms with Gasteiger partial charge in [-0.2, -0.15) is 13.2 Å². The molecule has 3 nitrogen and oxygen atoms in total. The first-order valence-electron chi connectivity index (χ1n) is 4.99. The van der Waals surface area contributed by atoms with Crippen LogP contribution in [0, 0.1) is 0 Å². The second-order valence-electron chi connectivity index (χ2n) is 3.59. The molecule has 2 N–H and O–H groups in total. The molecule has 6 heteroatoms. The molecule has 0 heterocycles. The van der Waals surface area contributed by atoms with E-state index in [0.717, 1.165) is 24.3 Å². The number of hydrogen-bond donors (Lipinski definition) is 1. The fraction of sp³-hybridized carbons (Fsp3) is 0.364. The Hall–Kier alpha value is -1.56. The fourth-order valence-electron chi connectivity index (χ4n) is 1.32. The van der Waals surface area contributed by atoms with Crippen molar-refractivity contribution in [1.82, 2.24) is 4.90 Å². The number of halogens is 3. The zero-order valence-corrected chi connectivity index (χ0v) is 9.29. The van der Waals surface area contributed by atoms with Crippen LogP contribution >= 0.6 is 0 Å². The third-order valence-corrected chi connectivity index (χ3v) is 2.27. The molecule has 0 bridgehead atoms. The summed E-state index contributed by atoms with van der Waals surface area (Å²) in [6.07, 6.45) is -4.38. The van der Waals surface area contributed by atoms with Crippen LogP contribution in [0.4, 0.5) is 13.2 Å². The molecule has 1 amide bonds. The summed E-state index contributed by atoms with van der Waals surface area (Å²) in [5.74, 6) is -0.343. The smallest absolute Gasteiger partial charge is 0.340 e. The van der Waals surface area contributed by atoms with Crippen LogP contribution in [0.3, 0.4) is 0 Å². The lowest BCUT2D eigenvalue weighted by molar-refractivity contribution is -0.137. The first-order chi connectivity index (χ1) is 7.86. The first kappa shape index (κ1) is 13.5. The number of carbonyl (C=O) groups is 1. The van der Waals surface area contributed by atoms with Gasteiger partial charge in [0.25, 0.3) is 5.91 Å². The van der Waals surface area contributed by atoms with Gasteiger partial charge in [-0.3, -0.25) is 4.79 Å². The van der Waals surface area contributed by atoms with Crippen molar-refractivity contribution in [2.45, 2.75) is 6.18 Å². The van der Waals surface area contributed by atoms with E-state index in [-0.39, 0.29) is 11.5 Å². The summed E-state index contributed by atoms with van der Waals surface area (Å²) in [5.41, 5.74) is 4.73. The number of alkyl halides is 3. The third kappa shape index (κ3) is 3.45. The summed E-state index contributed by atoms with van der Waals surface area (Å²) >= 11 is 0.